The van der Waals surface area contributed by atoms with Gasteiger partial charge in [0.25, 0.3) is 5.92 Å². The molecule has 2 fully saturated rings. The summed E-state index contributed by atoms with van der Waals surface area (Å²) in [5.41, 5.74) is 5.32. The number of nitrogens with zero attached hydrogens (tertiary/aromatic N) is 3. The highest BCUT2D eigenvalue weighted by atomic mass is 19.3. The molecule has 2 unspecified atom stereocenters. The van der Waals surface area contributed by atoms with E-state index in [9.17, 15) is 9.18 Å². The number of alkyl halides is 2. The molecule has 0 spiro atoms. The van der Waals surface area contributed by atoms with Crippen LogP contribution in [0, 0.1) is 5.82 Å². The Bertz CT molecular complexity index is 1350. The maximum absolute atomic E-state index is 15.4. The summed E-state index contributed by atoms with van der Waals surface area (Å²) in [5.74, 6) is -4.56. The van der Waals surface area contributed by atoms with Crippen LogP contribution in [0.25, 0.3) is 0 Å². The van der Waals surface area contributed by atoms with E-state index >= 15 is 8.78 Å². The van der Waals surface area contributed by atoms with Gasteiger partial charge in [-0.15, -0.1) is 0 Å². The van der Waals surface area contributed by atoms with Crippen molar-refractivity contribution >= 4 is 5.91 Å². The molecule has 5 rings (SSSR count). The van der Waals surface area contributed by atoms with E-state index in [0.717, 1.165) is 0 Å². The molecule has 0 saturated carbocycles. The van der Waals surface area contributed by atoms with Crippen LogP contribution in [0.3, 0.4) is 0 Å². The lowest BCUT2D eigenvalue weighted by Crippen LogP contribution is -2.59. The van der Waals surface area contributed by atoms with Crippen molar-refractivity contribution in [2.75, 3.05) is 33.4 Å². The number of ether oxygens (including phenoxy) is 4. The first-order valence-corrected chi connectivity index (χ1v) is 12.7. The van der Waals surface area contributed by atoms with Gasteiger partial charge in [0.05, 0.1) is 43.7 Å². The maximum Gasteiger partial charge on any atom is 0.257 e. The zero-order chi connectivity index (χ0) is 28.5. The Kier molecular flexibility index (Phi) is 7.67. The molecule has 1 amide bonds. The molecule has 0 bridgehead atoms. The number of benzene rings is 1. The normalized spacial score (nSPS) is 21.1. The zero-order valence-corrected chi connectivity index (χ0v) is 22.0. The first kappa shape index (κ1) is 27.8. The second-order valence-corrected chi connectivity index (χ2v) is 9.82. The SMILES string of the molecule is COc1ncc(C2CN(C(C)(C(N)=O)c3ccc(Oc4ccc(F)cc4)cn3)CCC2(F)F)cc1C1OCCO1. The van der Waals surface area contributed by atoms with E-state index in [-0.39, 0.29) is 30.2 Å². The summed E-state index contributed by atoms with van der Waals surface area (Å²) in [7, 11) is 1.43. The molecule has 1 aromatic carbocycles. The third-order valence-corrected chi connectivity index (χ3v) is 7.40. The van der Waals surface area contributed by atoms with Gasteiger partial charge in [-0.2, -0.15) is 0 Å². The average molecular weight is 559 g/mol. The minimum absolute atomic E-state index is 0.0935. The summed E-state index contributed by atoms with van der Waals surface area (Å²) < 4.78 is 66.0. The van der Waals surface area contributed by atoms with Gasteiger partial charge in [-0.25, -0.2) is 18.2 Å². The summed E-state index contributed by atoms with van der Waals surface area (Å²) in [6.07, 6.45) is 1.47. The van der Waals surface area contributed by atoms with Crippen LogP contribution in [0.5, 0.6) is 17.4 Å². The van der Waals surface area contributed by atoms with Crippen LogP contribution in [0.2, 0.25) is 0 Å². The van der Waals surface area contributed by atoms with E-state index in [1.807, 2.05) is 0 Å². The number of hydrogen-bond acceptors (Lipinski definition) is 8. The van der Waals surface area contributed by atoms with Crippen LogP contribution < -0.4 is 15.2 Å². The molecule has 2 saturated heterocycles. The molecule has 2 aliphatic heterocycles. The van der Waals surface area contributed by atoms with Gasteiger partial charge in [-0.05, 0) is 55.0 Å². The summed E-state index contributed by atoms with van der Waals surface area (Å²) in [6, 6.07) is 10.2. The minimum atomic E-state index is -3.08. The van der Waals surface area contributed by atoms with Gasteiger partial charge in [0.15, 0.2) is 6.29 Å². The highest BCUT2D eigenvalue weighted by Gasteiger charge is 2.51. The molecule has 0 radical (unpaired) electrons. The molecule has 40 heavy (non-hydrogen) atoms. The van der Waals surface area contributed by atoms with Gasteiger partial charge in [0.2, 0.25) is 11.8 Å². The highest BCUT2D eigenvalue weighted by molar-refractivity contribution is 5.85. The lowest BCUT2D eigenvalue weighted by molar-refractivity contribution is -0.139. The molecule has 0 aliphatic carbocycles. The van der Waals surface area contributed by atoms with Gasteiger partial charge in [-0.3, -0.25) is 14.7 Å². The summed E-state index contributed by atoms with van der Waals surface area (Å²) >= 11 is 0. The van der Waals surface area contributed by atoms with E-state index in [0.29, 0.717) is 30.3 Å². The number of piperidine rings is 1. The van der Waals surface area contributed by atoms with E-state index in [2.05, 4.69) is 9.97 Å². The van der Waals surface area contributed by atoms with Gasteiger partial charge < -0.3 is 24.7 Å². The second kappa shape index (κ2) is 11.0. The fourth-order valence-corrected chi connectivity index (χ4v) is 5.02. The van der Waals surface area contributed by atoms with Crippen LogP contribution >= 0.6 is 0 Å². The van der Waals surface area contributed by atoms with Crippen LogP contribution in [0.1, 0.15) is 42.4 Å². The van der Waals surface area contributed by atoms with Gasteiger partial charge in [0.1, 0.15) is 22.9 Å². The maximum atomic E-state index is 15.4. The van der Waals surface area contributed by atoms with E-state index < -0.39 is 41.8 Å². The Morgan fingerprint density at radius 1 is 1.10 bits per heavy atom. The number of amides is 1. The van der Waals surface area contributed by atoms with Gasteiger partial charge in [0, 0.05) is 25.7 Å². The van der Waals surface area contributed by atoms with Crippen molar-refractivity contribution in [1.29, 1.82) is 0 Å². The molecule has 3 aromatic rings. The van der Waals surface area contributed by atoms with Crippen molar-refractivity contribution in [2.45, 2.75) is 37.0 Å². The Labute approximate surface area is 229 Å². The van der Waals surface area contributed by atoms with Crippen molar-refractivity contribution in [3.05, 3.63) is 77.5 Å². The number of primary amides is 1. The fraction of sp³-hybridized carbons (Fsp3) is 0.393. The molecule has 4 heterocycles. The third kappa shape index (κ3) is 5.34. The average Bonchev–Trinajstić information content (AvgIpc) is 3.49. The lowest BCUT2D eigenvalue weighted by atomic mass is 9.83. The molecular formula is C28H29F3N4O5. The monoisotopic (exact) mass is 558 g/mol. The van der Waals surface area contributed by atoms with Crippen molar-refractivity contribution in [3.63, 3.8) is 0 Å². The van der Waals surface area contributed by atoms with Gasteiger partial charge in [-0.1, -0.05) is 0 Å². The van der Waals surface area contributed by atoms with Crippen molar-refractivity contribution in [2.24, 2.45) is 5.73 Å². The first-order chi connectivity index (χ1) is 19.1. The number of methoxy groups -OCH3 is 1. The first-order valence-electron chi connectivity index (χ1n) is 12.7. The molecule has 2 aliphatic rings. The van der Waals surface area contributed by atoms with Crippen LogP contribution in [0.15, 0.2) is 54.9 Å². The zero-order valence-electron chi connectivity index (χ0n) is 22.0. The molecule has 212 valence electrons. The van der Waals surface area contributed by atoms with Gasteiger partial charge >= 0.3 is 0 Å². The van der Waals surface area contributed by atoms with Crippen LogP contribution in [0.4, 0.5) is 13.2 Å². The Balaban J connectivity index is 1.42. The quantitative estimate of drug-likeness (QED) is 0.436. The summed E-state index contributed by atoms with van der Waals surface area (Å²) in [5, 5.41) is 0. The smallest absolute Gasteiger partial charge is 0.257 e. The largest absolute Gasteiger partial charge is 0.481 e. The predicted molar refractivity (Wildman–Crippen MR) is 137 cm³/mol. The van der Waals surface area contributed by atoms with Crippen molar-refractivity contribution < 1.29 is 36.9 Å². The van der Waals surface area contributed by atoms with E-state index in [1.54, 1.807) is 30.0 Å². The minimum Gasteiger partial charge on any atom is -0.481 e. The van der Waals surface area contributed by atoms with Crippen LogP contribution in [-0.4, -0.2) is 60.1 Å². The number of pyridine rings is 2. The number of aromatic nitrogens is 2. The standard InChI is InChI=1S/C28H29F3N4O5/c1-27(26(32)36,23-8-7-20(15-33-23)40-19-5-3-18(29)4-6-19)35-10-9-28(30,31)22(16-35)17-13-21(24(37-2)34-14-17)25-38-11-12-39-25/h3-8,13-15,22,25H,9-12,16H2,1-2H3,(H2,32,36). The summed E-state index contributed by atoms with van der Waals surface area (Å²) in [4.78, 5) is 23.1. The Hall–Kier alpha value is -3.74. The molecular weight excluding hydrogens is 529 g/mol. The molecule has 2 aromatic heterocycles. The molecule has 9 nitrogen and oxygen atoms in total. The number of halogens is 3. The number of nitrogens with two attached hydrogens (primary N) is 1. The molecule has 12 heteroatoms. The van der Waals surface area contributed by atoms with E-state index in [1.165, 1.54) is 43.8 Å². The number of rotatable bonds is 8. The second-order valence-electron chi connectivity index (χ2n) is 9.82. The predicted octanol–water partition coefficient (Wildman–Crippen LogP) is 4.29. The Morgan fingerprint density at radius 3 is 2.42 bits per heavy atom. The Morgan fingerprint density at radius 2 is 1.80 bits per heavy atom. The lowest BCUT2D eigenvalue weighted by Gasteiger charge is -2.46. The van der Waals surface area contributed by atoms with E-state index in [4.69, 9.17) is 24.7 Å². The number of carbonyl (C=O) groups is 1. The third-order valence-electron chi connectivity index (χ3n) is 7.40. The van der Waals surface area contributed by atoms with Crippen molar-refractivity contribution in [1.82, 2.24) is 14.9 Å². The van der Waals surface area contributed by atoms with Crippen molar-refractivity contribution in [3.8, 4) is 17.4 Å². The number of hydrogen-bond donors (Lipinski definition) is 1. The molecule has 2 atom stereocenters. The summed E-state index contributed by atoms with van der Waals surface area (Å²) in [6.45, 7) is 2.01. The van der Waals surface area contributed by atoms with Crippen LogP contribution in [-0.2, 0) is 19.8 Å². The fourth-order valence-electron chi connectivity index (χ4n) is 5.02. The topological polar surface area (TPSA) is 109 Å². The number of carbonyl (C=O) groups excluding carboxylic acids is 1. The number of likely N-dealkylation sites (tertiary alicyclic amines) is 1. The molecule has 2 N–H and O–H groups in total. The highest BCUT2D eigenvalue weighted by Crippen LogP contribution is 2.45.